The summed E-state index contributed by atoms with van der Waals surface area (Å²) < 4.78 is 21.5. The van der Waals surface area contributed by atoms with Gasteiger partial charge in [-0.25, -0.2) is 0 Å². The molecule has 4 rings (SSSR count). The predicted octanol–water partition coefficient (Wildman–Crippen LogP) is 3.54. The van der Waals surface area contributed by atoms with Crippen molar-refractivity contribution in [3.05, 3.63) is 36.4 Å². The van der Waals surface area contributed by atoms with E-state index in [-0.39, 0.29) is 12.5 Å². The molecule has 0 spiro atoms. The third-order valence-electron chi connectivity index (χ3n) is 3.48. The Hall–Kier alpha value is -2.82. The summed E-state index contributed by atoms with van der Waals surface area (Å²) in [7, 11) is 1.55. The number of rotatable bonds is 2. The van der Waals surface area contributed by atoms with Crippen LogP contribution in [0.2, 0.25) is 0 Å². The predicted molar refractivity (Wildman–Crippen MR) is 76.0 cm³/mol. The summed E-state index contributed by atoms with van der Waals surface area (Å²) in [4.78, 5) is 0. The highest BCUT2D eigenvalue weighted by Crippen LogP contribution is 2.40. The van der Waals surface area contributed by atoms with Gasteiger partial charge in [0.15, 0.2) is 11.5 Å². The second-order valence-electron chi connectivity index (χ2n) is 4.74. The molecule has 3 aromatic rings. The van der Waals surface area contributed by atoms with Crippen LogP contribution in [0.3, 0.4) is 0 Å². The fraction of sp³-hybridized carbons (Fsp3) is 0.125. The van der Waals surface area contributed by atoms with E-state index in [0.717, 1.165) is 5.39 Å². The molecule has 5 nitrogen and oxygen atoms in total. The number of fused-ring (bicyclic) bond motifs is 2. The molecule has 1 N–H and O–H groups in total. The van der Waals surface area contributed by atoms with Gasteiger partial charge >= 0.3 is 0 Å². The molecule has 5 heteroatoms. The molecular weight excluding hydrogens is 272 g/mol. The standard InChI is InChI=1S/C16H12O5/c1-18-10-2-3-11(12(17)6-10)14-4-9-5-15-16(20-8-19-15)7-13(9)21-14/h2-7,17H,8H2,1H3. The second kappa shape index (κ2) is 4.34. The molecule has 21 heavy (non-hydrogen) atoms. The maximum atomic E-state index is 10.1. The van der Waals surface area contributed by atoms with Gasteiger partial charge in [-0.2, -0.15) is 0 Å². The highest BCUT2D eigenvalue weighted by atomic mass is 16.7. The molecule has 0 saturated heterocycles. The van der Waals surface area contributed by atoms with E-state index in [1.807, 2.05) is 12.1 Å². The summed E-state index contributed by atoms with van der Waals surface area (Å²) in [6, 6.07) is 10.6. The normalized spacial score (nSPS) is 12.8. The Bertz CT molecular complexity index is 793. The number of phenols is 1. The average Bonchev–Trinajstić information content (AvgIpc) is 3.09. The summed E-state index contributed by atoms with van der Waals surface area (Å²) in [6.07, 6.45) is 0. The van der Waals surface area contributed by atoms with Crippen LogP contribution in [0.5, 0.6) is 23.0 Å². The molecule has 0 amide bonds. The van der Waals surface area contributed by atoms with E-state index in [2.05, 4.69) is 0 Å². The number of phenolic OH excluding ortho intramolecular Hbond substituents is 1. The quantitative estimate of drug-likeness (QED) is 0.779. The number of hydrogen-bond donors (Lipinski definition) is 1. The zero-order valence-electron chi connectivity index (χ0n) is 11.3. The van der Waals surface area contributed by atoms with Crippen molar-refractivity contribution in [2.45, 2.75) is 0 Å². The van der Waals surface area contributed by atoms with Gasteiger partial charge in [-0.1, -0.05) is 0 Å². The molecule has 0 atom stereocenters. The van der Waals surface area contributed by atoms with Crippen molar-refractivity contribution in [3.8, 4) is 34.3 Å². The van der Waals surface area contributed by atoms with Gasteiger partial charge in [-0.15, -0.1) is 0 Å². The van der Waals surface area contributed by atoms with Gasteiger partial charge in [0.1, 0.15) is 22.8 Å². The first kappa shape index (κ1) is 12.0. The highest BCUT2D eigenvalue weighted by Gasteiger charge is 2.18. The van der Waals surface area contributed by atoms with Crippen molar-refractivity contribution in [1.29, 1.82) is 0 Å². The zero-order valence-corrected chi connectivity index (χ0v) is 11.3. The van der Waals surface area contributed by atoms with Gasteiger partial charge in [0.2, 0.25) is 6.79 Å². The van der Waals surface area contributed by atoms with Crippen LogP contribution < -0.4 is 14.2 Å². The molecule has 0 radical (unpaired) electrons. The largest absolute Gasteiger partial charge is 0.507 e. The van der Waals surface area contributed by atoms with Gasteiger partial charge in [0.25, 0.3) is 0 Å². The lowest BCUT2D eigenvalue weighted by atomic mass is 10.1. The first-order valence-electron chi connectivity index (χ1n) is 6.45. The average molecular weight is 284 g/mol. The minimum absolute atomic E-state index is 0.105. The van der Waals surface area contributed by atoms with Crippen molar-refractivity contribution < 1.29 is 23.7 Å². The van der Waals surface area contributed by atoms with Crippen molar-refractivity contribution in [2.24, 2.45) is 0 Å². The van der Waals surface area contributed by atoms with Gasteiger partial charge in [-0.05, 0) is 24.3 Å². The lowest BCUT2D eigenvalue weighted by Gasteiger charge is -2.04. The summed E-state index contributed by atoms with van der Waals surface area (Å²) >= 11 is 0. The van der Waals surface area contributed by atoms with Crippen molar-refractivity contribution >= 4 is 11.0 Å². The van der Waals surface area contributed by atoms with E-state index < -0.39 is 0 Å². The first-order valence-corrected chi connectivity index (χ1v) is 6.45. The Kier molecular flexibility index (Phi) is 2.47. The van der Waals surface area contributed by atoms with E-state index in [1.165, 1.54) is 0 Å². The molecule has 106 valence electrons. The smallest absolute Gasteiger partial charge is 0.231 e. The van der Waals surface area contributed by atoms with Crippen LogP contribution >= 0.6 is 0 Å². The topological polar surface area (TPSA) is 61.1 Å². The Balaban J connectivity index is 1.84. The van der Waals surface area contributed by atoms with Crippen LogP contribution in [0, 0.1) is 0 Å². The molecule has 0 saturated carbocycles. The summed E-state index contributed by atoms with van der Waals surface area (Å²) in [6.45, 7) is 0.230. The molecular formula is C16H12O5. The Morgan fingerprint density at radius 1 is 1.05 bits per heavy atom. The van der Waals surface area contributed by atoms with E-state index >= 15 is 0 Å². The second-order valence-corrected chi connectivity index (χ2v) is 4.74. The molecule has 2 aromatic carbocycles. The van der Waals surface area contributed by atoms with Crippen LogP contribution in [0.25, 0.3) is 22.3 Å². The van der Waals surface area contributed by atoms with Gasteiger partial charge in [-0.3, -0.25) is 0 Å². The van der Waals surface area contributed by atoms with Gasteiger partial charge < -0.3 is 23.7 Å². The zero-order chi connectivity index (χ0) is 14.4. The minimum atomic E-state index is 0.105. The van der Waals surface area contributed by atoms with Crippen LogP contribution in [0.15, 0.2) is 40.8 Å². The Morgan fingerprint density at radius 2 is 1.86 bits per heavy atom. The van der Waals surface area contributed by atoms with Crippen LogP contribution in [-0.4, -0.2) is 19.0 Å². The molecule has 1 aliphatic rings. The lowest BCUT2D eigenvalue weighted by molar-refractivity contribution is 0.174. The molecule has 0 aliphatic carbocycles. The molecule has 0 bridgehead atoms. The maximum absolute atomic E-state index is 10.1. The number of hydrogen-bond acceptors (Lipinski definition) is 5. The fourth-order valence-corrected chi connectivity index (χ4v) is 2.41. The third-order valence-corrected chi connectivity index (χ3v) is 3.48. The van der Waals surface area contributed by atoms with Crippen LogP contribution in [0.4, 0.5) is 0 Å². The monoisotopic (exact) mass is 284 g/mol. The molecule has 2 heterocycles. The van der Waals surface area contributed by atoms with Crippen LogP contribution in [0.1, 0.15) is 0 Å². The molecule has 0 unspecified atom stereocenters. The summed E-state index contributed by atoms with van der Waals surface area (Å²) in [5.41, 5.74) is 1.29. The number of benzene rings is 2. The van der Waals surface area contributed by atoms with E-state index in [9.17, 15) is 5.11 Å². The molecule has 1 aromatic heterocycles. The van der Waals surface area contributed by atoms with Gasteiger partial charge in [0, 0.05) is 17.5 Å². The first-order chi connectivity index (χ1) is 10.2. The van der Waals surface area contributed by atoms with Crippen molar-refractivity contribution in [1.82, 2.24) is 0 Å². The number of aromatic hydroxyl groups is 1. The Morgan fingerprint density at radius 3 is 2.62 bits per heavy atom. The van der Waals surface area contributed by atoms with Crippen LogP contribution in [-0.2, 0) is 0 Å². The fourth-order valence-electron chi connectivity index (χ4n) is 2.41. The summed E-state index contributed by atoms with van der Waals surface area (Å²) in [5, 5.41) is 11.0. The minimum Gasteiger partial charge on any atom is -0.507 e. The summed E-state index contributed by atoms with van der Waals surface area (Å²) in [5.74, 6) is 2.64. The Labute approximate surface area is 120 Å². The van der Waals surface area contributed by atoms with Crippen molar-refractivity contribution in [2.75, 3.05) is 13.9 Å². The van der Waals surface area contributed by atoms with E-state index in [1.54, 1.807) is 31.4 Å². The van der Waals surface area contributed by atoms with E-state index in [4.69, 9.17) is 18.6 Å². The SMILES string of the molecule is COc1ccc(-c2cc3cc4c(cc3o2)OCO4)c(O)c1. The van der Waals surface area contributed by atoms with Crippen molar-refractivity contribution in [3.63, 3.8) is 0 Å². The number of ether oxygens (including phenoxy) is 3. The molecule has 0 fully saturated rings. The molecule has 1 aliphatic heterocycles. The third kappa shape index (κ3) is 1.86. The lowest BCUT2D eigenvalue weighted by Crippen LogP contribution is -1.92. The number of methoxy groups -OCH3 is 1. The maximum Gasteiger partial charge on any atom is 0.231 e. The van der Waals surface area contributed by atoms with Gasteiger partial charge in [0.05, 0.1) is 12.7 Å². The highest BCUT2D eigenvalue weighted by molar-refractivity contribution is 5.87. The number of furan rings is 1. The van der Waals surface area contributed by atoms with E-state index in [0.29, 0.717) is 34.2 Å².